The van der Waals surface area contributed by atoms with Crippen molar-refractivity contribution < 1.29 is 9.18 Å². The minimum atomic E-state index is -0.230. The summed E-state index contributed by atoms with van der Waals surface area (Å²) in [7, 11) is 3.95. The van der Waals surface area contributed by atoms with Gasteiger partial charge in [0.15, 0.2) is 5.96 Å². The molecular weight excluding hydrogens is 369 g/mol. The van der Waals surface area contributed by atoms with Crippen LogP contribution in [0.2, 0.25) is 0 Å². The van der Waals surface area contributed by atoms with E-state index in [4.69, 9.17) is 4.99 Å². The van der Waals surface area contributed by atoms with Gasteiger partial charge >= 0.3 is 0 Å². The Morgan fingerprint density at radius 1 is 1.28 bits per heavy atom. The average molecular weight is 406 g/mol. The summed E-state index contributed by atoms with van der Waals surface area (Å²) in [6.45, 7) is 5.74. The number of amides is 1. The quantitative estimate of drug-likeness (QED) is 0.377. The Morgan fingerprint density at radius 2 is 2.10 bits per heavy atom. The van der Waals surface area contributed by atoms with Crippen LogP contribution in [0.3, 0.4) is 0 Å². The van der Waals surface area contributed by atoms with Crippen molar-refractivity contribution in [2.75, 3.05) is 46.8 Å². The summed E-state index contributed by atoms with van der Waals surface area (Å²) < 4.78 is 13.6. The van der Waals surface area contributed by atoms with E-state index in [1.54, 1.807) is 12.1 Å². The van der Waals surface area contributed by atoms with Crippen LogP contribution in [-0.4, -0.2) is 68.5 Å². The van der Waals surface area contributed by atoms with E-state index in [9.17, 15) is 9.18 Å². The number of likely N-dealkylation sites (N-methyl/N-ethyl adjacent to an activating group) is 1. The number of carbonyl (C=O) groups is 1. The Hall–Kier alpha value is -2.15. The largest absolute Gasteiger partial charge is 0.357 e. The van der Waals surface area contributed by atoms with E-state index in [2.05, 4.69) is 10.6 Å². The summed E-state index contributed by atoms with van der Waals surface area (Å²) in [5, 5.41) is 6.62. The molecule has 1 fully saturated rings. The van der Waals surface area contributed by atoms with Crippen LogP contribution >= 0.6 is 0 Å². The van der Waals surface area contributed by atoms with Crippen LogP contribution in [0.1, 0.15) is 50.6 Å². The van der Waals surface area contributed by atoms with Gasteiger partial charge in [-0.3, -0.25) is 9.79 Å². The summed E-state index contributed by atoms with van der Waals surface area (Å²) >= 11 is 0. The highest BCUT2D eigenvalue weighted by Crippen LogP contribution is 2.19. The normalized spacial score (nSPS) is 16.7. The molecule has 0 spiro atoms. The Labute approximate surface area is 174 Å². The first-order chi connectivity index (χ1) is 14.0. The number of carbonyl (C=O) groups excluding carboxylic acids is 1. The van der Waals surface area contributed by atoms with Crippen LogP contribution in [0.25, 0.3) is 0 Å². The van der Waals surface area contributed by atoms with Gasteiger partial charge in [0.2, 0.25) is 5.91 Å². The molecule has 1 atom stereocenters. The Kier molecular flexibility index (Phi) is 9.91. The van der Waals surface area contributed by atoms with Crippen molar-refractivity contribution in [3.8, 4) is 0 Å². The molecule has 0 aromatic heterocycles. The molecule has 162 valence electrons. The fourth-order valence-corrected chi connectivity index (χ4v) is 3.55. The second-order valence-corrected chi connectivity index (χ2v) is 7.73. The fraction of sp³-hybridized carbons (Fsp3) is 0.636. The van der Waals surface area contributed by atoms with Crippen LogP contribution < -0.4 is 10.6 Å². The van der Waals surface area contributed by atoms with Crippen molar-refractivity contribution >= 4 is 11.9 Å². The number of hydrogen-bond acceptors (Lipinski definition) is 3. The molecule has 7 heteroatoms. The highest BCUT2D eigenvalue weighted by Gasteiger charge is 2.16. The predicted molar refractivity (Wildman–Crippen MR) is 116 cm³/mol. The summed E-state index contributed by atoms with van der Waals surface area (Å²) in [6.07, 6.45) is 4.84. The predicted octanol–water partition coefficient (Wildman–Crippen LogP) is 2.78. The van der Waals surface area contributed by atoms with Crippen molar-refractivity contribution in [3.63, 3.8) is 0 Å². The maximum Gasteiger partial charge on any atom is 0.222 e. The maximum absolute atomic E-state index is 13.6. The summed E-state index contributed by atoms with van der Waals surface area (Å²) in [4.78, 5) is 20.8. The van der Waals surface area contributed by atoms with E-state index in [1.165, 1.54) is 6.07 Å². The number of nitrogens with one attached hydrogen (secondary N) is 2. The SMILES string of the molecule is CCNC(=NCC(c1cccc(F)c1)N(C)C)NCCCN1CCCCCC1=O. The van der Waals surface area contributed by atoms with E-state index >= 15 is 0 Å². The third kappa shape index (κ3) is 8.01. The van der Waals surface area contributed by atoms with Gasteiger partial charge in [0.05, 0.1) is 12.6 Å². The lowest BCUT2D eigenvalue weighted by molar-refractivity contribution is -0.130. The first kappa shape index (κ1) is 23.1. The molecule has 1 aromatic carbocycles. The van der Waals surface area contributed by atoms with E-state index < -0.39 is 0 Å². The molecule has 1 aromatic rings. The molecule has 1 saturated heterocycles. The second-order valence-electron chi connectivity index (χ2n) is 7.73. The molecule has 0 bridgehead atoms. The van der Waals surface area contributed by atoms with Crippen LogP contribution in [-0.2, 0) is 4.79 Å². The van der Waals surface area contributed by atoms with Gasteiger partial charge in [-0.15, -0.1) is 0 Å². The molecule has 0 radical (unpaired) electrons. The van der Waals surface area contributed by atoms with E-state index in [1.807, 2.05) is 36.9 Å². The zero-order chi connectivity index (χ0) is 21.1. The highest BCUT2D eigenvalue weighted by atomic mass is 19.1. The topological polar surface area (TPSA) is 60.0 Å². The smallest absolute Gasteiger partial charge is 0.222 e. The van der Waals surface area contributed by atoms with Crippen molar-refractivity contribution in [2.45, 2.75) is 45.1 Å². The van der Waals surface area contributed by atoms with Gasteiger partial charge in [0.1, 0.15) is 5.82 Å². The molecule has 1 aliphatic heterocycles. The molecule has 1 aliphatic rings. The lowest BCUT2D eigenvalue weighted by Gasteiger charge is -2.24. The summed E-state index contributed by atoms with van der Waals surface area (Å²) in [6, 6.07) is 6.69. The van der Waals surface area contributed by atoms with Crippen molar-refractivity contribution in [3.05, 3.63) is 35.6 Å². The van der Waals surface area contributed by atoms with Gasteiger partial charge in [-0.05, 0) is 58.0 Å². The summed E-state index contributed by atoms with van der Waals surface area (Å²) in [5.74, 6) is 0.802. The number of rotatable bonds is 9. The molecule has 1 heterocycles. The minimum Gasteiger partial charge on any atom is -0.357 e. The molecule has 1 unspecified atom stereocenters. The number of guanidine groups is 1. The number of likely N-dealkylation sites (tertiary alicyclic amines) is 1. The van der Waals surface area contributed by atoms with Crippen LogP contribution in [0, 0.1) is 5.82 Å². The standard InChI is InChI=1S/C22H36FN5O/c1-4-24-22(25-13-9-15-28-14-7-5-6-12-21(28)29)26-17-20(27(2)3)18-10-8-11-19(23)16-18/h8,10-11,16,20H,4-7,9,12-15,17H2,1-3H3,(H2,24,25,26). The Bertz CT molecular complexity index is 664. The van der Waals surface area contributed by atoms with Gasteiger partial charge in [-0.2, -0.15) is 0 Å². The number of nitrogens with zero attached hydrogens (tertiary/aromatic N) is 3. The van der Waals surface area contributed by atoms with E-state index in [0.29, 0.717) is 13.0 Å². The molecule has 2 rings (SSSR count). The minimum absolute atomic E-state index is 0.00382. The van der Waals surface area contributed by atoms with Crippen LogP contribution in [0.4, 0.5) is 4.39 Å². The third-order valence-corrected chi connectivity index (χ3v) is 5.19. The molecule has 0 saturated carbocycles. The lowest BCUT2D eigenvalue weighted by atomic mass is 10.1. The number of aliphatic imine (C=N–C) groups is 1. The first-order valence-electron chi connectivity index (χ1n) is 10.7. The van der Waals surface area contributed by atoms with Gasteiger partial charge in [0, 0.05) is 32.6 Å². The first-order valence-corrected chi connectivity index (χ1v) is 10.7. The number of halogens is 1. The Balaban J connectivity index is 1.88. The lowest BCUT2D eigenvalue weighted by Crippen LogP contribution is -2.40. The highest BCUT2D eigenvalue weighted by molar-refractivity contribution is 5.79. The fourth-order valence-electron chi connectivity index (χ4n) is 3.55. The number of hydrogen-bond donors (Lipinski definition) is 2. The molecule has 1 amide bonds. The van der Waals surface area contributed by atoms with Crippen molar-refractivity contribution in [1.29, 1.82) is 0 Å². The van der Waals surface area contributed by atoms with Gasteiger partial charge in [-0.25, -0.2) is 4.39 Å². The molecule has 6 nitrogen and oxygen atoms in total. The molecular formula is C22H36FN5O. The van der Waals surface area contributed by atoms with E-state index in [0.717, 1.165) is 63.4 Å². The van der Waals surface area contributed by atoms with E-state index in [-0.39, 0.29) is 17.8 Å². The second kappa shape index (κ2) is 12.4. The zero-order valence-electron chi connectivity index (χ0n) is 18.1. The van der Waals surface area contributed by atoms with Crippen LogP contribution in [0.15, 0.2) is 29.3 Å². The Morgan fingerprint density at radius 3 is 2.83 bits per heavy atom. The molecule has 29 heavy (non-hydrogen) atoms. The monoisotopic (exact) mass is 405 g/mol. The molecule has 0 aliphatic carbocycles. The van der Waals surface area contributed by atoms with Crippen molar-refractivity contribution in [1.82, 2.24) is 20.4 Å². The maximum atomic E-state index is 13.6. The molecule has 2 N–H and O–H groups in total. The van der Waals surface area contributed by atoms with Gasteiger partial charge in [-0.1, -0.05) is 18.6 Å². The average Bonchev–Trinajstić information content (AvgIpc) is 2.89. The van der Waals surface area contributed by atoms with Gasteiger partial charge in [0.25, 0.3) is 0 Å². The summed E-state index contributed by atoms with van der Waals surface area (Å²) in [5.41, 5.74) is 0.911. The van der Waals surface area contributed by atoms with Gasteiger partial charge < -0.3 is 20.4 Å². The van der Waals surface area contributed by atoms with Crippen molar-refractivity contribution in [2.24, 2.45) is 4.99 Å². The zero-order valence-corrected chi connectivity index (χ0v) is 18.1. The van der Waals surface area contributed by atoms with Crippen LogP contribution in [0.5, 0.6) is 0 Å². The number of benzene rings is 1. The third-order valence-electron chi connectivity index (χ3n) is 5.19.